The zero-order valence-electron chi connectivity index (χ0n) is 21.5. The Morgan fingerprint density at radius 3 is 2.28 bits per heavy atom. The number of sulfonamides is 1. The molecule has 0 saturated carbocycles. The van der Waals surface area contributed by atoms with Gasteiger partial charge in [0.15, 0.2) is 0 Å². The topological polar surface area (TPSA) is 130 Å². The highest BCUT2D eigenvalue weighted by atomic mass is 32.2. The maximum Gasteiger partial charge on any atom is 0.271 e. The van der Waals surface area contributed by atoms with Crippen molar-refractivity contribution in [1.82, 2.24) is 10.2 Å². The van der Waals surface area contributed by atoms with Gasteiger partial charge in [-0.1, -0.05) is 37.3 Å². The van der Waals surface area contributed by atoms with Crippen molar-refractivity contribution in [3.63, 3.8) is 0 Å². The van der Waals surface area contributed by atoms with Crippen molar-refractivity contribution in [2.24, 2.45) is 0 Å². The minimum absolute atomic E-state index is 0.0348. The van der Waals surface area contributed by atoms with Gasteiger partial charge in [0.2, 0.25) is 21.8 Å². The zero-order valence-corrected chi connectivity index (χ0v) is 22.3. The second kappa shape index (κ2) is 12.0. The lowest BCUT2D eigenvalue weighted by molar-refractivity contribution is -0.384. The third-order valence-corrected chi connectivity index (χ3v) is 7.25. The predicted molar refractivity (Wildman–Crippen MR) is 139 cm³/mol. The number of hydrogen-bond donors (Lipinski definition) is 1. The molecule has 0 aliphatic carbocycles. The molecule has 2 rings (SSSR count). The SMILES string of the molecule is CC[C@@H](C)NC(=O)[C@H](C)N(Cc1ccccc1C)C(=O)CN(c1cc([N+](=O)[O-])ccc1C)S(C)(=O)=O. The molecule has 10 nitrogen and oxygen atoms in total. The lowest BCUT2D eigenvalue weighted by Crippen LogP contribution is -2.52. The van der Waals surface area contributed by atoms with E-state index in [0.29, 0.717) is 12.0 Å². The second-order valence-corrected chi connectivity index (χ2v) is 10.8. The van der Waals surface area contributed by atoms with Crippen LogP contribution in [0.5, 0.6) is 0 Å². The quantitative estimate of drug-likeness (QED) is 0.359. The molecule has 11 heteroatoms. The maximum absolute atomic E-state index is 13.6. The van der Waals surface area contributed by atoms with E-state index in [0.717, 1.165) is 27.8 Å². The molecule has 36 heavy (non-hydrogen) atoms. The molecule has 196 valence electrons. The smallest absolute Gasteiger partial charge is 0.271 e. The first-order chi connectivity index (χ1) is 16.8. The fourth-order valence-corrected chi connectivity index (χ4v) is 4.49. The van der Waals surface area contributed by atoms with Gasteiger partial charge in [0.1, 0.15) is 12.6 Å². The van der Waals surface area contributed by atoms with Crippen LogP contribution in [-0.4, -0.2) is 54.9 Å². The van der Waals surface area contributed by atoms with Crippen LogP contribution in [0.2, 0.25) is 0 Å². The number of nitro groups is 1. The maximum atomic E-state index is 13.6. The van der Waals surface area contributed by atoms with Crippen molar-refractivity contribution in [2.75, 3.05) is 17.1 Å². The van der Waals surface area contributed by atoms with Gasteiger partial charge in [-0.2, -0.15) is 0 Å². The Kier molecular flexibility index (Phi) is 9.57. The van der Waals surface area contributed by atoms with Gasteiger partial charge in [0.05, 0.1) is 16.9 Å². The van der Waals surface area contributed by atoms with Gasteiger partial charge in [-0.15, -0.1) is 0 Å². The van der Waals surface area contributed by atoms with E-state index in [-0.39, 0.29) is 29.9 Å². The number of hydrogen-bond acceptors (Lipinski definition) is 6. The molecule has 0 radical (unpaired) electrons. The van der Waals surface area contributed by atoms with Crippen molar-refractivity contribution in [3.05, 3.63) is 69.3 Å². The number of carbonyl (C=O) groups excluding carboxylic acids is 2. The van der Waals surface area contributed by atoms with E-state index < -0.39 is 33.4 Å². The van der Waals surface area contributed by atoms with E-state index in [1.54, 1.807) is 13.8 Å². The van der Waals surface area contributed by atoms with Crippen LogP contribution in [-0.2, 0) is 26.2 Å². The van der Waals surface area contributed by atoms with E-state index in [4.69, 9.17) is 0 Å². The summed E-state index contributed by atoms with van der Waals surface area (Å²) in [7, 11) is -4.00. The van der Waals surface area contributed by atoms with Crippen LogP contribution in [0.4, 0.5) is 11.4 Å². The van der Waals surface area contributed by atoms with Gasteiger partial charge in [-0.05, 0) is 50.8 Å². The van der Waals surface area contributed by atoms with Crippen molar-refractivity contribution < 1.29 is 22.9 Å². The number of non-ortho nitro benzene ring substituents is 1. The normalized spacial score (nSPS) is 12.9. The van der Waals surface area contributed by atoms with Gasteiger partial charge in [-0.25, -0.2) is 8.42 Å². The fourth-order valence-electron chi connectivity index (χ4n) is 3.59. The van der Waals surface area contributed by atoms with Gasteiger partial charge < -0.3 is 10.2 Å². The number of benzene rings is 2. The molecular weight excluding hydrogens is 484 g/mol. The van der Waals surface area contributed by atoms with E-state index >= 15 is 0 Å². The van der Waals surface area contributed by atoms with Crippen LogP contribution in [0.25, 0.3) is 0 Å². The van der Waals surface area contributed by atoms with Crippen LogP contribution in [0.1, 0.15) is 43.9 Å². The first kappa shape index (κ1) is 28.8. The summed E-state index contributed by atoms with van der Waals surface area (Å²) in [5.41, 5.74) is 1.92. The zero-order chi connectivity index (χ0) is 27.2. The van der Waals surface area contributed by atoms with Crippen LogP contribution in [0.3, 0.4) is 0 Å². The Morgan fingerprint density at radius 1 is 1.08 bits per heavy atom. The highest BCUT2D eigenvalue weighted by molar-refractivity contribution is 7.92. The molecule has 0 aliphatic heterocycles. The van der Waals surface area contributed by atoms with Crippen molar-refractivity contribution in [1.29, 1.82) is 0 Å². The summed E-state index contributed by atoms with van der Waals surface area (Å²) in [6.45, 7) is 8.34. The first-order valence-electron chi connectivity index (χ1n) is 11.6. The predicted octanol–water partition coefficient (Wildman–Crippen LogP) is 3.31. The lowest BCUT2D eigenvalue weighted by atomic mass is 10.1. The number of anilines is 1. The van der Waals surface area contributed by atoms with Crippen LogP contribution in [0, 0.1) is 24.0 Å². The molecule has 0 unspecified atom stereocenters. The number of amides is 2. The Bertz CT molecular complexity index is 1230. The van der Waals surface area contributed by atoms with Crippen molar-refractivity contribution >= 4 is 33.2 Å². The number of carbonyl (C=O) groups is 2. The van der Waals surface area contributed by atoms with Gasteiger partial charge in [0, 0.05) is 24.7 Å². The highest BCUT2D eigenvalue weighted by Crippen LogP contribution is 2.28. The lowest BCUT2D eigenvalue weighted by Gasteiger charge is -2.32. The molecule has 2 amide bonds. The summed E-state index contributed by atoms with van der Waals surface area (Å²) in [6, 6.07) is 10.3. The summed E-state index contributed by atoms with van der Waals surface area (Å²) >= 11 is 0. The summed E-state index contributed by atoms with van der Waals surface area (Å²) < 4.78 is 26.3. The summed E-state index contributed by atoms with van der Waals surface area (Å²) in [5.74, 6) is -0.967. The third kappa shape index (κ3) is 7.27. The Morgan fingerprint density at radius 2 is 1.72 bits per heavy atom. The van der Waals surface area contributed by atoms with Gasteiger partial charge >= 0.3 is 0 Å². The third-order valence-electron chi connectivity index (χ3n) is 6.12. The highest BCUT2D eigenvalue weighted by Gasteiger charge is 2.31. The molecule has 2 atom stereocenters. The summed E-state index contributed by atoms with van der Waals surface area (Å²) in [6.07, 6.45) is 1.64. The fraction of sp³-hybridized carbons (Fsp3) is 0.440. The molecule has 0 aliphatic rings. The molecular formula is C25H34N4O6S. The molecule has 0 saturated heterocycles. The largest absolute Gasteiger partial charge is 0.352 e. The van der Waals surface area contributed by atoms with E-state index in [1.807, 2.05) is 45.0 Å². The minimum Gasteiger partial charge on any atom is -0.352 e. The second-order valence-electron chi connectivity index (χ2n) is 8.94. The van der Waals surface area contributed by atoms with E-state index in [2.05, 4.69) is 5.32 Å². The number of nitrogens with zero attached hydrogens (tertiary/aromatic N) is 3. The molecule has 0 aromatic heterocycles. The molecule has 0 heterocycles. The summed E-state index contributed by atoms with van der Waals surface area (Å²) in [5, 5.41) is 14.2. The standard InChI is InChI=1S/C25H34N4O6S/c1-7-19(4)26-25(31)20(5)27(15-21-11-9-8-10-17(21)2)24(30)16-28(36(6,34)35)23-14-22(29(32)33)13-12-18(23)3/h8-14,19-20H,7,15-16H2,1-6H3,(H,26,31)/t19-,20+/m1/s1. The van der Waals surface area contributed by atoms with E-state index in [9.17, 15) is 28.1 Å². The van der Waals surface area contributed by atoms with Crippen molar-refractivity contribution in [2.45, 2.75) is 59.7 Å². The molecule has 0 bridgehead atoms. The number of rotatable bonds is 11. The molecule has 0 spiro atoms. The molecule has 2 aromatic rings. The Hall–Kier alpha value is -3.47. The van der Waals surface area contributed by atoms with Gasteiger partial charge in [-0.3, -0.25) is 24.0 Å². The van der Waals surface area contributed by atoms with Gasteiger partial charge in [0.25, 0.3) is 5.69 Å². The minimum atomic E-state index is -4.00. The monoisotopic (exact) mass is 518 g/mol. The first-order valence-corrected chi connectivity index (χ1v) is 13.5. The molecule has 2 aromatic carbocycles. The van der Waals surface area contributed by atoms with Crippen molar-refractivity contribution in [3.8, 4) is 0 Å². The average molecular weight is 519 g/mol. The average Bonchev–Trinajstić information content (AvgIpc) is 2.80. The Balaban J connectivity index is 2.49. The Labute approximate surface area is 212 Å². The number of nitrogens with one attached hydrogen (secondary N) is 1. The molecule has 1 N–H and O–H groups in total. The molecule has 0 fully saturated rings. The van der Waals surface area contributed by atoms with Crippen LogP contribution < -0.4 is 9.62 Å². The summed E-state index contributed by atoms with van der Waals surface area (Å²) in [4.78, 5) is 38.6. The van der Waals surface area contributed by atoms with E-state index in [1.165, 1.54) is 17.0 Å². The number of nitro benzene ring substituents is 1. The van der Waals surface area contributed by atoms with Crippen LogP contribution >= 0.6 is 0 Å². The van der Waals surface area contributed by atoms with Crippen LogP contribution in [0.15, 0.2) is 42.5 Å². The number of aryl methyl sites for hydroxylation is 2.